The van der Waals surface area contributed by atoms with Gasteiger partial charge in [0.05, 0.1) is 16.2 Å². The Labute approximate surface area is 204 Å². The highest BCUT2D eigenvalue weighted by atomic mass is 79.9. The Bertz CT molecular complexity index is 1300. The van der Waals surface area contributed by atoms with Gasteiger partial charge in [-0.2, -0.15) is 9.61 Å². The van der Waals surface area contributed by atoms with Gasteiger partial charge < -0.3 is 10.2 Å². The number of pyridine rings is 1. The van der Waals surface area contributed by atoms with E-state index in [0.29, 0.717) is 25.2 Å². The third-order valence-electron chi connectivity index (χ3n) is 5.86. The van der Waals surface area contributed by atoms with Crippen LogP contribution >= 0.6 is 15.9 Å². The molecule has 0 spiro atoms. The summed E-state index contributed by atoms with van der Waals surface area (Å²) in [6, 6.07) is 14.8. The lowest BCUT2D eigenvalue weighted by atomic mass is 9.94. The van der Waals surface area contributed by atoms with E-state index in [4.69, 9.17) is 9.82 Å². The summed E-state index contributed by atoms with van der Waals surface area (Å²) in [6.07, 6.45) is 6.59. The highest BCUT2D eigenvalue weighted by molar-refractivity contribution is 9.10. The SMILES string of the molecule is O=C(ON1CCC(c2cc(NCc3ccc[n+](O)c3)n3ncc(Br)c3n2)CC1)c1ccccc1. The summed E-state index contributed by atoms with van der Waals surface area (Å²) in [4.78, 5) is 22.8. The van der Waals surface area contributed by atoms with E-state index in [1.165, 1.54) is 0 Å². The fourth-order valence-electron chi connectivity index (χ4n) is 4.08. The Morgan fingerprint density at radius 1 is 1.21 bits per heavy atom. The summed E-state index contributed by atoms with van der Waals surface area (Å²) in [6.45, 7) is 1.80. The highest BCUT2D eigenvalue weighted by Gasteiger charge is 2.26. The molecular weight excluding hydrogens is 500 g/mol. The second-order valence-corrected chi connectivity index (χ2v) is 9.04. The lowest BCUT2D eigenvalue weighted by Gasteiger charge is -2.30. The molecule has 3 aromatic heterocycles. The van der Waals surface area contributed by atoms with Crippen LogP contribution in [0, 0.1) is 0 Å². The van der Waals surface area contributed by atoms with Gasteiger partial charge in [-0.3, -0.25) is 5.21 Å². The minimum Gasteiger partial charge on any atom is -0.366 e. The number of carbonyl (C=O) groups excluding carboxylic acids is 1. The van der Waals surface area contributed by atoms with Crippen LogP contribution in [0.1, 0.15) is 40.4 Å². The Balaban J connectivity index is 1.29. The summed E-state index contributed by atoms with van der Waals surface area (Å²) in [5.41, 5.74) is 3.18. The molecule has 4 aromatic rings. The van der Waals surface area contributed by atoms with Crippen LogP contribution in [0.15, 0.2) is 71.6 Å². The molecule has 1 aliphatic heterocycles. The molecule has 0 aliphatic carbocycles. The van der Waals surface area contributed by atoms with Gasteiger partial charge in [-0.15, -0.1) is 5.06 Å². The molecule has 0 radical (unpaired) electrons. The molecule has 0 saturated carbocycles. The number of aromatic nitrogens is 4. The molecule has 10 heteroatoms. The first-order valence-corrected chi connectivity index (χ1v) is 11.9. The zero-order valence-corrected chi connectivity index (χ0v) is 19.9. The summed E-state index contributed by atoms with van der Waals surface area (Å²) in [7, 11) is 0. The number of hydrogen-bond donors (Lipinski definition) is 2. The number of halogens is 1. The number of hydroxylamine groups is 2. The molecule has 1 fully saturated rings. The summed E-state index contributed by atoms with van der Waals surface area (Å²) >= 11 is 3.55. The number of hydrogen-bond acceptors (Lipinski definition) is 7. The fourth-order valence-corrected chi connectivity index (χ4v) is 4.43. The van der Waals surface area contributed by atoms with Crippen LogP contribution in [-0.4, -0.2) is 43.9 Å². The number of nitrogens with one attached hydrogen (secondary N) is 1. The number of rotatable bonds is 6. The van der Waals surface area contributed by atoms with Gasteiger partial charge in [0.2, 0.25) is 12.4 Å². The maximum Gasteiger partial charge on any atom is 0.357 e. The Morgan fingerprint density at radius 2 is 2.00 bits per heavy atom. The quantitative estimate of drug-likeness (QED) is 0.294. The van der Waals surface area contributed by atoms with Crippen molar-refractivity contribution in [2.45, 2.75) is 25.3 Å². The first kappa shape index (κ1) is 22.3. The molecule has 174 valence electrons. The van der Waals surface area contributed by atoms with Gasteiger partial charge in [-0.25, -0.2) is 9.78 Å². The van der Waals surface area contributed by atoms with E-state index in [-0.39, 0.29) is 11.9 Å². The number of nitrogens with zero attached hydrogens (tertiary/aromatic N) is 5. The van der Waals surface area contributed by atoms with Gasteiger partial charge in [0, 0.05) is 53.7 Å². The topological polar surface area (TPSA) is 95.9 Å². The van der Waals surface area contributed by atoms with E-state index in [1.54, 1.807) is 46.4 Å². The van der Waals surface area contributed by atoms with E-state index in [1.807, 2.05) is 30.3 Å². The zero-order chi connectivity index (χ0) is 23.5. The minimum absolute atomic E-state index is 0.232. The van der Waals surface area contributed by atoms with Crippen molar-refractivity contribution in [3.05, 3.63) is 88.4 Å². The van der Waals surface area contributed by atoms with E-state index in [0.717, 1.165) is 44.8 Å². The second-order valence-electron chi connectivity index (χ2n) is 8.19. The van der Waals surface area contributed by atoms with Crippen molar-refractivity contribution in [2.75, 3.05) is 18.4 Å². The van der Waals surface area contributed by atoms with Gasteiger partial charge in [-0.05, 0) is 47.0 Å². The number of benzene rings is 1. The maximum absolute atomic E-state index is 12.4. The third kappa shape index (κ3) is 4.87. The molecule has 2 N–H and O–H groups in total. The molecular formula is C24H24BrN6O3+. The average Bonchev–Trinajstić information content (AvgIpc) is 3.24. The molecule has 5 rings (SSSR count). The van der Waals surface area contributed by atoms with Gasteiger partial charge in [0.25, 0.3) is 0 Å². The predicted molar refractivity (Wildman–Crippen MR) is 127 cm³/mol. The summed E-state index contributed by atoms with van der Waals surface area (Å²) in [5.74, 6) is 0.714. The van der Waals surface area contributed by atoms with Gasteiger partial charge >= 0.3 is 5.97 Å². The van der Waals surface area contributed by atoms with Crippen molar-refractivity contribution < 1.29 is 19.6 Å². The summed E-state index contributed by atoms with van der Waals surface area (Å²) < 4.78 is 3.62. The Morgan fingerprint density at radius 3 is 2.76 bits per heavy atom. The second kappa shape index (κ2) is 9.78. The van der Waals surface area contributed by atoms with Gasteiger partial charge in [0.1, 0.15) is 5.82 Å². The molecule has 1 aromatic carbocycles. The number of anilines is 1. The molecule has 34 heavy (non-hydrogen) atoms. The molecule has 4 heterocycles. The Hall–Kier alpha value is -3.50. The largest absolute Gasteiger partial charge is 0.366 e. The van der Waals surface area contributed by atoms with Gasteiger partial charge in [0.15, 0.2) is 5.65 Å². The molecule has 0 amide bonds. The average molecular weight is 524 g/mol. The molecule has 1 saturated heterocycles. The van der Waals surface area contributed by atoms with Crippen LogP contribution in [0.3, 0.4) is 0 Å². The van der Waals surface area contributed by atoms with Crippen molar-refractivity contribution in [1.82, 2.24) is 19.7 Å². The first-order valence-electron chi connectivity index (χ1n) is 11.1. The number of fused-ring (bicyclic) bond motifs is 1. The van der Waals surface area contributed by atoms with E-state index >= 15 is 0 Å². The molecule has 0 bridgehead atoms. The molecule has 1 aliphatic rings. The van der Waals surface area contributed by atoms with Crippen LogP contribution in [0.4, 0.5) is 5.82 Å². The highest BCUT2D eigenvalue weighted by Crippen LogP contribution is 2.31. The van der Waals surface area contributed by atoms with Crippen molar-refractivity contribution in [1.29, 1.82) is 0 Å². The van der Waals surface area contributed by atoms with Crippen LogP contribution in [0.5, 0.6) is 0 Å². The summed E-state index contributed by atoms with van der Waals surface area (Å²) in [5, 5.41) is 19.2. The first-order chi connectivity index (χ1) is 16.6. The fraction of sp³-hybridized carbons (Fsp3) is 0.250. The van der Waals surface area contributed by atoms with Crippen LogP contribution in [-0.2, 0) is 11.4 Å². The third-order valence-corrected chi connectivity index (χ3v) is 6.42. The number of piperidine rings is 1. The van der Waals surface area contributed by atoms with E-state index in [9.17, 15) is 10.0 Å². The van der Waals surface area contributed by atoms with Crippen LogP contribution in [0.25, 0.3) is 5.65 Å². The standard InChI is InChI=1S/C24H24BrN6O3/c25-20-15-27-31-22(26-14-17-5-4-10-29(33)16-17)13-21(28-23(20)31)18-8-11-30(12-9-18)34-24(32)19-6-2-1-3-7-19/h1-7,10,13,15-16,18,26,33H,8-9,11-12,14H2/q+1. The van der Waals surface area contributed by atoms with Crippen molar-refractivity contribution in [3.8, 4) is 0 Å². The maximum atomic E-state index is 12.4. The molecule has 9 nitrogen and oxygen atoms in total. The molecule has 0 atom stereocenters. The molecule has 0 unspecified atom stereocenters. The van der Waals surface area contributed by atoms with Crippen molar-refractivity contribution in [3.63, 3.8) is 0 Å². The van der Waals surface area contributed by atoms with E-state index in [2.05, 4.69) is 26.3 Å². The lowest BCUT2D eigenvalue weighted by molar-refractivity contribution is -0.905. The monoisotopic (exact) mass is 523 g/mol. The Kier molecular flexibility index (Phi) is 6.41. The van der Waals surface area contributed by atoms with Crippen LogP contribution in [0.2, 0.25) is 0 Å². The smallest absolute Gasteiger partial charge is 0.357 e. The van der Waals surface area contributed by atoms with Crippen molar-refractivity contribution in [2.24, 2.45) is 0 Å². The van der Waals surface area contributed by atoms with E-state index < -0.39 is 0 Å². The number of carbonyl (C=O) groups is 1. The zero-order valence-electron chi connectivity index (χ0n) is 18.3. The predicted octanol–water partition coefficient (Wildman–Crippen LogP) is 3.58. The normalized spacial score (nSPS) is 14.9. The lowest BCUT2D eigenvalue weighted by Crippen LogP contribution is -2.35. The minimum atomic E-state index is -0.335. The van der Waals surface area contributed by atoms with Crippen molar-refractivity contribution >= 4 is 33.4 Å². The van der Waals surface area contributed by atoms with Crippen LogP contribution < -0.4 is 10.0 Å². The van der Waals surface area contributed by atoms with Gasteiger partial charge in [-0.1, -0.05) is 18.2 Å².